The zero-order chi connectivity index (χ0) is 23.9. The summed E-state index contributed by atoms with van der Waals surface area (Å²) < 4.78 is 4.77. The predicted octanol–water partition coefficient (Wildman–Crippen LogP) is 2.16. The van der Waals surface area contributed by atoms with Crippen LogP contribution in [0.3, 0.4) is 0 Å². The quantitative estimate of drug-likeness (QED) is 0.265. The molecule has 33 heavy (non-hydrogen) atoms. The van der Waals surface area contributed by atoms with Crippen molar-refractivity contribution in [2.75, 3.05) is 18.5 Å². The molecule has 0 spiro atoms. The van der Waals surface area contributed by atoms with Crippen LogP contribution >= 0.6 is 0 Å². The monoisotopic (exact) mass is 450 g/mol. The topological polar surface area (TPSA) is 126 Å². The number of carbonyl (C=O) groups is 4. The van der Waals surface area contributed by atoms with E-state index in [1.807, 2.05) is 30.3 Å². The molecule has 4 N–H and O–H groups in total. The van der Waals surface area contributed by atoms with Gasteiger partial charge in [-0.3, -0.25) is 19.7 Å². The molecule has 0 saturated carbocycles. The second-order valence-corrected chi connectivity index (χ2v) is 6.71. The molecule has 0 fully saturated rings. The SMILES string of the molecule is CCOC(=O)CCC#CNC(=O)CNC(=O)c1cccc(NC(=O)NCc2ccccc2)c1. The summed E-state index contributed by atoms with van der Waals surface area (Å²) in [4.78, 5) is 47.4. The number of hydrogen-bond donors (Lipinski definition) is 4. The lowest BCUT2D eigenvalue weighted by atomic mass is 10.2. The van der Waals surface area contributed by atoms with Gasteiger partial charge >= 0.3 is 12.0 Å². The summed E-state index contributed by atoms with van der Waals surface area (Å²) in [6.45, 7) is 2.12. The van der Waals surface area contributed by atoms with Gasteiger partial charge in [0.15, 0.2) is 0 Å². The Kier molecular flexibility index (Phi) is 10.5. The van der Waals surface area contributed by atoms with Gasteiger partial charge in [0.05, 0.1) is 19.6 Å². The predicted molar refractivity (Wildman–Crippen MR) is 123 cm³/mol. The van der Waals surface area contributed by atoms with Gasteiger partial charge in [-0.15, -0.1) is 0 Å². The summed E-state index contributed by atoms with van der Waals surface area (Å²) in [5, 5.41) is 10.2. The Morgan fingerprint density at radius 3 is 2.52 bits per heavy atom. The Balaban J connectivity index is 1.74. The number of ether oxygens (including phenoxy) is 1. The first-order chi connectivity index (χ1) is 16.0. The fraction of sp³-hybridized carbons (Fsp3) is 0.250. The number of benzene rings is 2. The maximum atomic E-state index is 12.3. The van der Waals surface area contributed by atoms with Crippen LogP contribution in [-0.4, -0.2) is 37.0 Å². The number of carbonyl (C=O) groups excluding carboxylic acids is 4. The first kappa shape index (κ1) is 24.9. The van der Waals surface area contributed by atoms with E-state index in [4.69, 9.17) is 4.74 Å². The third-order valence-electron chi connectivity index (χ3n) is 4.14. The van der Waals surface area contributed by atoms with Gasteiger partial charge in [-0.1, -0.05) is 42.3 Å². The number of rotatable bonds is 9. The molecule has 0 radical (unpaired) electrons. The minimum Gasteiger partial charge on any atom is -0.466 e. The Morgan fingerprint density at radius 2 is 1.76 bits per heavy atom. The van der Waals surface area contributed by atoms with E-state index >= 15 is 0 Å². The van der Waals surface area contributed by atoms with Crippen molar-refractivity contribution in [2.45, 2.75) is 26.3 Å². The van der Waals surface area contributed by atoms with Crippen LogP contribution in [0, 0.1) is 12.0 Å². The van der Waals surface area contributed by atoms with Crippen molar-refractivity contribution in [2.24, 2.45) is 0 Å². The van der Waals surface area contributed by atoms with Gasteiger partial charge in [-0.2, -0.15) is 0 Å². The third-order valence-corrected chi connectivity index (χ3v) is 4.14. The number of anilines is 1. The zero-order valence-electron chi connectivity index (χ0n) is 18.3. The average molecular weight is 450 g/mol. The normalized spacial score (nSPS) is 9.61. The standard InChI is InChI=1S/C24H26N4O5/c1-2-33-22(30)13-6-7-14-25-21(29)17-26-23(31)19-11-8-12-20(15-19)28-24(32)27-16-18-9-4-3-5-10-18/h3-5,8-12,15H,2,6,13,16-17H2,1H3,(H,25,29)(H,26,31)(H2,27,28,32). The van der Waals surface area contributed by atoms with E-state index in [0.29, 0.717) is 18.8 Å². The second kappa shape index (κ2) is 13.9. The van der Waals surface area contributed by atoms with Crippen molar-refractivity contribution in [3.8, 4) is 12.0 Å². The Morgan fingerprint density at radius 1 is 0.970 bits per heavy atom. The maximum absolute atomic E-state index is 12.3. The molecule has 172 valence electrons. The van der Waals surface area contributed by atoms with Gasteiger partial charge in [0.2, 0.25) is 0 Å². The first-order valence-electron chi connectivity index (χ1n) is 10.4. The van der Waals surface area contributed by atoms with Crippen LogP contribution in [0.2, 0.25) is 0 Å². The van der Waals surface area contributed by atoms with Crippen LogP contribution < -0.4 is 21.3 Å². The molecule has 0 saturated heterocycles. The highest BCUT2D eigenvalue weighted by molar-refractivity contribution is 5.98. The Labute approximate surface area is 192 Å². The van der Waals surface area contributed by atoms with Gasteiger partial charge in [0, 0.05) is 30.3 Å². The number of esters is 1. The van der Waals surface area contributed by atoms with Gasteiger partial charge in [0.1, 0.15) is 0 Å². The molecule has 0 bridgehead atoms. The smallest absolute Gasteiger partial charge is 0.319 e. The number of amides is 4. The number of nitrogens with one attached hydrogen (secondary N) is 4. The highest BCUT2D eigenvalue weighted by atomic mass is 16.5. The molecule has 0 unspecified atom stereocenters. The highest BCUT2D eigenvalue weighted by Gasteiger charge is 2.09. The zero-order valence-corrected chi connectivity index (χ0v) is 18.3. The fourth-order valence-corrected chi connectivity index (χ4v) is 2.57. The summed E-state index contributed by atoms with van der Waals surface area (Å²) in [5.41, 5.74) is 1.68. The third kappa shape index (κ3) is 10.0. The molecule has 9 heteroatoms. The minimum absolute atomic E-state index is 0.141. The van der Waals surface area contributed by atoms with Crippen LogP contribution in [0.25, 0.3) is 0 Å². The van der Waals surface area contributed by atoms with E-state index in [9.17, 15) is 19.2 Å². The van der Waals surface area contributed by atoms with Gasteiger partial charge < -0.3 is 20.7 Å². The van der Waals surface area contributed by atoms with Crippen molar-refractivity contribution < 1.29 is 23.9 Å². The van der Waals surface area contributed by atoms with E-state index in [0.717, 1.165) is 5.56 Å². The van der Waals surface area contributed by atoms with E-state index < -0.39 is 17.8 Å². The lowest BCUT2D eigenvalue weighted by Gasteiger charge is -2.09. The lowest BCUT2D eigenvalue weighted by molar-refractivity contribution is -0.142. The molecular weight excluding hydrogens is 424 g/mol. The number of urea groups is 1. The largest absolute Gasteiger partial charge is 0.466 e. The number of hydrogen-bond acceptors (Lipinski definition) is 5. The molecule has 2 aromatic rings. The van der Waals surface area contributed by atoms with Crippen LogP contribution in [0.15, 0.2) is 54.6 Å². The average Bonchev–Trinajstić information content (AvgIpc) is 2.82. The molecular formula is C24H26N4O5. The molecule has 0 aliphatic carbocycles. The molecule has 0 aromatic heterocycles. The van der Waals surface area contributed by atoms with Gasteiger partial charge in [0.25, 0.3) is 11.8 Å². The van der Waals surface area contributed by atoms with Gasteiger partial charge in [-0.25, -0.2) is 4.79 Å². The van der Waals surface area contributed by atoms with Crippen molar-refractivity contribution >= 4 is 29.5 Å². The Bertz CT molecular complexity index is 1030. The second-order valence-electron chi connectivity index (χ2n) is 6.71. The first-order valence-corrected chi connectivity index (χ1v) is 10.4. The molecule has 0 aliphatic heterocycles. The van der Waals surface area contributed by atoms with Crippen LogP contribution in [0.4, 0.5) is 10.5 Å². The lowest BCUT2D eigenvalue weighted by Crippen LogP contribution is -2.35. The van der Waals surface area contributed by atoms with E-state index in [1.165, 1.54) is 6.07 Å². The summed E-state index contributed by atoms with van der Waals surface area (Å²) in [7, 11) is 0. The molecule has 4 amide bonds. The van der Waals surface area contributed by atoms with Crippen molar-refractivity contribution in [3.05, 3.63) is 65.7 Å². The maximum Gasteiger partial charge on any atom is 0.319 e. The van der Waals surface area contributed by atoms with Crippen LogP contribution in [0.5, 0.6) is 0 Å². The summed E-state index contributed by atoms with van der Waals surface area (Å²) in [6, 6.07) is 17.8. The van der Waals surface area contributed by atoms with E-state index in [2.05, 4.69) is 33.2 Å². The minimum atomic E-state index is -0.499. The Hall–Kier alpha value is -4.32. The van der Waals surface area contributed by atoms with Crippen LogP contribution in [0.1, 0.15) is 35.7 Å². The van der Waals surface area contributed by atoms with E-state index in [1.54, 1.807) is 25.1 Å². The summed E-state index contributed by atoms with van der Waals surface area (Å²) >= 11 is 0. The summed E-state index contributed by atoms with van der Waals surface area (Å²) in [5.74, 6) is 1.30. The van der Waals surface area contributed by atoms with Gasteiger partial charge in [-0.05, 0) is 30.7 Å². The van der Waals surface area contributed by atoms with E-state index in [-0.39, 0.29) is 30.9 Å². The molecule has 0 atom stereocenters. The highest BCUT2D eigenvalue weighted by Crippen LogP contribution is 2.10. The molecule has 9 nitrogen and oxygen atoms in total. The van der Waals surface area contributed by atoms with Crippen molar-refractivity contribution in [1.29, 1.82) is 0 Å². The molecule has 2 aromatic carbocycles. The van der Waals surface area contributed by atoms with Crippen molar-refractivity contribution in [1.82, 2.24) is 16.0 Å². The molecule has 0 heterocycles. The molecule has 2 rings (SSSR count). The fourth-order valence-electron chi connectivity index (χ4n) is 2.57. The molecule has 0 aliphatic rings. The van der Waals surface area contributed by atoms with Crippen molar-refractivity contribution in [3.63, 3.8) is 0 Å². The summed E-state index contributed by atoms with van der Waals surface area (Å²) in [6.07, 6.45) is 0.395. The van der Waals surface area contributed by atoms with Crippen LogP contribution in [-0.2, 0) is 20.9 Å².